The first kappa shape index (κ1) is 9.71. The average Bonchev–Trinajstić information content (AvgIpc) is 2.56. The molecule has 1 aromatic heterocycles. The Kier molecular flexibility index (Phi) is 2.86. The van der Waals surface area contributed by atoms with Gasteiger partial charge in [0.15, 0.2) is 0 Å². The molecule has 0 amide bonds. The number of H-pyrrole nitrogens is 1. The van der Waals surface area contributed by atoms with E-state index in [-0.39, 0.29) is 0 Å². The Balaban J connectivity index is 2.32. The Labute approximate surface area is 90.3 Å². The van der Waals surface area contributed by atoms with E-state index in [2.05, 4.69) is 37.9 Å². The summed E-state index contributed by atoms with van der Waals surface area (Å²) >= 11 is 3.44. The van der Waals surface area contributed by atoms with E-state index < -0.39 is 0 Å². The number of hydrogen-bond acceptors (Lipinski definition) is 2. The molecule has 0 spiro atoms. The average molecular weight is 255 g/mol. The van der Waals surface area contributed by atoms with Crippen molar-refractivity contribution in [3.8, 4) is 0 Å². The van der Waals surface area contributed by atoms with Crippen LogP contribution in [0.15, 0.2) is 28.7 Å². The quantitative estimate of drug-likeness (QED) is 0.827. The van der Waals surface area contributed by atoms with Crippen LogP contribution in [-0.4, -0.2) is 11.6 Å². The van der Waals surface area contributed by atoms with Crippen molar-refractivity contribution in [2.45, 2.75) is 6.42 Å². The van der Waals surface area contributed by atoms with Crippen molar-refractivity contribution < 1.29 is 4.84 Å². The van der Waals surface area contributed by atoms with Gasteiger partial charge in [0.25, 0.3) is 0 Å². The molecule has 0 aliphatic heterocycles. The van der Waals surface area contributed by atoms with Crippen LogP contribution >= 0.6 is 15.9 Å². The largest absolute Gasteiger partial charge is 0.358 e. The Hall–Kier alpha value is -0.840. The molecule has 0 unspecified atom stereocenters. The van der Waals surface area contributed by atoms with Gasteiger partial charge in [-0.15, -0.1) is 0 Å². The van der Waals surface area contributed by atoms with Crippen LogP contribution in [0.3, 0.4) is 0 Å². The molecule has 0 bridgehead atoms. The summed E-state index contributed by atoms with van der Waals surface area (Å²) in [6, 6.07) is 8.26. The van der Waals surface area contributed by atoms with E-state index in [1.165, 1.54) is 5.39 Å². The molecule has 0 saturated heterocycles. The fourth-order valence-corrected chi connectivity index (χ4v) is 1.85. The summed E-state index contributed by atoms with van der Waals surface area (Å²) in [5, 5.41) is 1.20. The highest BCUT2D eigenvalue weighted by Gasteiger charge is 2.00. The fourth-order valence-electron chi connectivity index (χ4n) is 1.47. The summed E-state index contributed by atoms with van der Waals surface area (Å²) in [5.74, 6) is 4.97. The summed E-state index contributed by atoms with van der Waals surface area (Å²) in [4.78, 5) is 7.84. The van der Waals surface area contributed by atoms with Gasteiger partial charge in [0.2, 0.25) is 0 Å². The Morgan fingerprint density at radius 3 is 3.00 bits per heavy atom. The number of aromatic nitrogens is 1. The van der Waals surface area contributed by atoms with Gasteiger partial charge in [0.05, 0.1) is 6.61 Å². The molecule has 74 valence electrons. The van der Waals surface area contributed by atoms with Crippen LogP contribution < -0.4 is 5.90 Å². The number of fused-ring (bicyclic) bond motifs is 1. The van der Waals surface area contributed by atoms with Crippen molar-refractivity contribution in [2.75, 3.05) is 6.61 Å². The van der Waals surface area contributed by atoms with Gasteiger partial charge in [-0.1, -0.05) is 15.9 Å². The topological polar surface area (TPSA) is 51.0 Å². The normalized spacial score (nSPS) is 11.0. The zero-order valence-electron chi connectivity index (χ0n) is 7.59. The lowest BCUT2D eigenvalue weighted by Gasteiger charge is -1.93. The van der Waals surface area contributed by atoms with Crippen LogP contribution in [0, 0.1) is 0 Å². The minimum absolute atomic E-state index is 0.536. The predicted molar refractivity (Wildman–Crippen MR) is 59.8 cm³/mol. The van der Waals surface area contributed by atoms with Gasteiger partial charge >= 0.3 is 0 Å². The van der Waals surface area contributed by atoms with Crippen LogP contribution in [0.2, 0.25) is 0 Å². The Morgan fingerprint density at radius 2 is 2.21 bits per heavy atom. The Morgan fingerprint density at radius 1 is 1.36 bits per heavy atom. The maximum absolute atomic E-state index is 4.97. The molecule has 3 nitrogen and oxygen atoms in total. The van der Waals surface area contributed by atoms with Gasteiger partial charge in [-0.3, -0.25) is 0 Å². The third-order valence-corrected chi connectivity index (χ3v) is 2.62. The van der Waals surface area contributed by atoms with Crippen molar-refractivity contribution in [1.82, 2.24) is 4.98 Å². The number of rotatable bonds is 3. The van der Waals surface area contributed by atoms with Crippen molar-refractivity contribution in [1.29, 1.82) is 0 Å². The first-order valence-electron chi connectivity index (χ1n) is 4.38. The molecule has 3 N–H and O–H groups in total. The Bertz CT molecular complexity index is 439. The minimum atomic E-state index is 0.536. The van der Waals surface area contributed by atoms with Crippen molar-refractivity contribution >= 4 is 26.8 Å². The SMILES string of the molecule is NOCCc1cc2cc(Br)ccc2[nH]1. The zero-order valence-corrected chi connectivity index (χ0v) is 9.17. The van der Waals surface area contributed by atoms with Crippen LogP contribution in [0.1, 0.15) is 5.69 Å². The summed E-state index contributed by atoms with van der Waals surface area (Å²) in [7, 11) is 0. The van der Waals surface area contributed by atoms with Gasteiger partial charge < -0.3 is 9.82 Å². The van der Waals surface area contributed by atoms with Gasteiger partial charge in [-0.05, 0) is 24.3 Å². The number of halogens is 1. The molecule has 0 fully saturated rings. The van der Waals surface area contributed by atoms with Crippen LogP contribution in [0.4, 0.5) is 0 Å². The molecule has 0 saturated carbocycles. The molecule has 14 heavy (non-hydrogen) atoms. The van der Waals surface area contributed by atoms with Crippen molar-refractivity contribution in [2.24, 2.45) is 5.90 Å². The number of aromatic amines is 1. The van der Waals surface area contributed by atoms with Gasteiger partial charge in [-0.2, -0.15) is 0 Å². The second kappa shape index (κ2) is 4.13. The van der Waals surface area contributed by atoms with Crippen LogP contribution in [0.5, 0.6) is 0 Å². The molecule has 2 aromatic rings. The van der Waals surface area contributed by atoms with Gasteiger partial charge in [0, 0.05) is 27.5 Å². The van der Waals surface area contributed by atoms with E-state index in [0.29, 0.717) is 6.61 Å². The molecule has 4 heteroatoms. The van der Waals surface area contributed by atoms with E-state index in [1.54, 1.807) is 0 Å². The minimum Gasteiger partial charge on any atom is -0.358 e. The van der Waals surface area contributed by atoms with E-state index in [4.69, 9.17) is 5.90 Å². The third kappa shape index (κ3) is 1.97. The van der Waals surface area contributed by atoms with Gasteiger partial charge in [-0.25, -0.2) is 5.90 Å². The zero-order chi connectivity index (χ0) is 9.97. The maximum Gasteiger partial charge on any atom is 0.0733 e. The highest BCUT2D eigenvalue weighted by atomic mass is 79.9. The van der Waals surface area contributed by atoms with E-state index in [0.717, 1.165) is 22.1 Å². The standard InChI is InChI=1S/C10H11BrN2O/c11-8-1-2-10-7(5-8)6-9(13-10)3-4-14-12/h1-2,5-6,13H,3-4,12H2. The molecule has 1 aromatic carbocycles. The van der Waals surface area contributed by atoms with Gasteiger partial charge in [0.1, 0.15) is 0 Å². The number of hydrogen-bond donors (Lipinski definition) is 2. The first-order chi connectivity index (χ1) is 6.79. The third-order valence-electron chi connectivity index (χ3n) is 2.13. The van der Waals surface area contributed by atoms with Crippen molar-refractivity contribution in [3.63, 3.8) is 0 Å². The lowest BCUT2D eigenvalue weighted by Crippen LogP contribution is -2.03. The summed E-state index contributed by atoms with van der Waals surface area (Å²) < 4.78 is 1.09. The molecule has 0 radical (unpaired) electrons. The number of nitrogens with one attached hydrogen (secondary N) is 1. The molecular weight excluding hydrogens is 244 g/mol. The fraction of sp³-hybridized carbons (Fsp3) is 0.200. The first-order valence-corrected chi connectivity index (χ1v) is 5.18. The summed E-state index contributed by atoms with van der Waals surface area (Å²) in [6.07, 6.45) is 0.808. The van der Waals surface area contributed by atoms with E-state index in [1.807, 2.05) is 12.1 Å². The highest BCUT2D eigenvalue weighted by Crippen LogP contribution is 2.20. The molecule has 0 atom stereocenters. The van der Waals surface area contributed by atoms with Crippen LogP contribution in [0.25, 0.3) is 10.9 Å². The predicted octanol–water partition coefficient (Wildman–Crippen LogP) is 2.36. The summed E-state index contributed by atoms with van der Waals surface area (Å²) in [6.45, 7) is 0.536. The molecule has 1 heterocycles. The molecule has 0 aliphatic carbocycles. The lowest BCUT2D eigenvalue weighted by atomic mass is 10.2. The second-order valence-corrected chi connectivity index (χ2v) is 4.06. The maximum atomic E-state index is 4.97. The monoisotopic (exact) mass is 254 g/mol. The summed E-state index contributed by atoms with van der Waals surface area (Å²) in [5.41, 5.74) is 2.28. The molecular formula is C10H11BrN2O. The molecule has 0 aliphatic rings. The number of nitrogens with two attached hydrogens (primary N) is 1. The number of benzene rings is 1. The van der Waals surface area contributed by atoms with Crippen molar-refractivity contribution in [3.05, 3.63) is 34.4 Å². The van der Waals surface area contributed by atoms with Crippen LogP contribution in [-0.2, 0) is 11.3 Å². The smallest absolute Gasteiger partial charge is 0.0733 e. The van der Waals surface area contributed by atoms with E-state index >= 15 is 0 Å². The highest BCUT2D eigenvalue weighted by molar-refractivity contribution is 9.10. The van der Waals surface area contributed by atoms with E-state index in [9.17, 15) is 0 Å². The second-order valence-electron chi connectivity index (χ2n) is 3.15. The lowest BCUT2D eigenvalue weighted by molar-refractivity contribution is 0.140. The molecule has 2 rings (SSSR count).